The van der Waals surface area contributed by atoms with Crippen molar-refractivity contribution in [3.63, 3.8) is 0 Å². The lowest BCUT2D eigenvalue weighted by Gasteiger charge is -2.17. The van der Waals surface area contributed by atoms with E-state index in [4.69, 9.17) is 5.11 Å². The summed E-state index contributed by atoms with van der Waals surface area (Å²) in [5.74, 6) is -2.17. The van der Waals surface area contributed by atoms with E-state index in [-0.39, 0.29) is 17.6 Å². The molecule has 0 radical (unpaired) electrons. The number of hydrogen-bond acceptors (Lipinski definition) is 2. The van der Waals surface area contributed by atoms with Crippen LogP contribution >= 0.6 is 0 Å². The number of nitrogens with zero attached hydrogens (tertiary/aromatic N) is 1. The van der Waals surface area contributed by atoms with Crippen LogP contribution in [0.2, 0.25) is 0 Å². The molecule has 0 aliphatic heterocycles. The van der Waals surface area contributed by atoms with Gasteiger partial charge in [0.25, 0.3) is 0 Å². The first-order chi connectivity index (χ1) is 8.99. The Morgan fingerprint density at radius 3 is 2.47 bits per heavy atom. The molecule has 1 aromatic carbocycles. The molecular formula is C14H16FNO3. The molecule has 0 bridgehead atoms. The number of rotatable bonds is 5. The van der Waals surface area contributed by atoms with Crippen LogP contribution in [-0.4, -0.2) is 35.5 Å². The Labute approximate surface area is 110 Å². The molecule has 0 saturated heterocycles. The lowest BCUT2D eigenvalue weighted by molar-refractivity contribution is -0.141. The summed E-state index contributed by atoms with van der Waals surface area (Å²) < 4.78 is 12.7. The summed E-state index contributed by atoms with van der Waals surface area (Å²) in [6.45, 7) is 0.507. The summed E-state index contributed by atoms with van der Waals surface area (Å²) in [6.07, 6.45) is 1.07. The van der Waals surface area contributed by atoms with Crippen molar-refractivity contribution >= 4 is 11.9 Å². The average molecular weight is 265 g/mol. The second-order valence-electron chi connectivity index (χ2n) is 4.92. The van der Waals surface area contributed by atoms with E-state index in [0.29, 0.717) is 19.4 Å². The minimum absolute atomic E-state index is 0.116. The van der Waals surface area contributed by atoms with E-state index in [9.17, 15) is 14.0 Å². The Kier molecular flexibility index (Phi) is 3.83. The monoisotopic (exact) mass is 265 g/mol. The van der Waals surface area contributed by atoms with Crippen molar-refractivity contribution in [2.75, 3.05) is 13.6 Å². The number of benzene rings is 1. The van der Waals surface area contributed by atoms with E-state index in [1.54, 1.807) is 24.1 Å². The molecule has 0 aromatic heterocycles. The number of aliphatic carboxylic acids is 1. The third-order valence-electron chi connectivity index (χ3n) is 3.45. The van der Waals surface area contributed by atoms with Gasteiger partial charge >= 0.3 is 5.97 Å². The highest BCUT2D eigenvalue weighted by Gasteiger charge is 2.49. The number of carboxylic acids is 1. The van der Waals surface area contributed by atoms with E-state index in [0.717, 1.165) is 5.56 Å². The third kappa shape index (κ3) is 3.30. The third-order valence-corrected chi connectivity index (χ3v) is 3.45. The quantitative estimate of drug-likeness (QED) is 0.878. The molecule has 1 N–H and O–H groups in total. The summed E-state index contributed by atoms with van der Waals surface area (Å²) in [7, 11) is 1.67. The van der Waals surface area contributed by atoms with Gasteiger partial charge in [0, 0.05) is 13.6 Å². The molecule has 1 aliphatic rings. The number of carboxylic acid groups (broad SMARTS) is 1. The SMILES string of the molecule is CN(CCc1ccc(F)cc1)C(=O)[C@@H]1C[C@H]1C(=O)O. The summed E-state index contributed by atoms with van der Waals surface area (Å²) in [4.78, 5) is 24.2. The van der Waals surface area contributed by atoms with Crippen LogP contribution in [0, 0.1) is 17.7 Å². The fourth-order valence-corrected chi connectivity index (χ4v) is 2.08. The highest BCUT2D eigenvalue weighted by Crippen LogP contribution is 2.39. The molecule has 4 nitrogen and oxygen atoms in total. The maximum atomic E-state index is 12.7. The van der Waals surface area contributed by atoms with E-state index >= 15 is 0 Å². The van der Waals surface area contributed by atoms with E-state index in [1.807, 2.05) is 0 Å². The molecule has 0 unspecified atom stereocenters. The van der Waals surface area contributed by atoms with Crippen LogP contribution in [0.25, 0.3) is 0 Å². The first-order valence-electron chi connectivity index (χ1n) is 6.21. The number of hydrogen-bond donors (Lipinski definition) is 1. The summed E-state index contributed by atoms with van der Waals surface area (Å²) >= 11 is 0. The number of carbonyl (C=O) groups is 2. The van der Waals surface area contributed by atoms with Gasteiger partial charge in [-0.2, -0.15) is 0 Å². The first-order valence-corrected chi connectivity index (χ1v) is 6.21. The van der Waals surface area contributed by atoms with E-state index in [2.05, 4.69) is 0 Å². The molecule has 1 fully saturated rings. The molecule has 1 amide bonds. The number of halogens is 1. The molecule has 1 saturated carbocycles. The number of likely N-dealkylation sites (N-methyl/N-ethyl adjacent to an activating group) is 1. The van der Waals surface area contributed by atoms with Crippen molar-refractivity contribution in [3.8, 4) is 0 Å². The first kappa shape index (κ1) is 13.5. The van der Waals surface area contributed by atoms with Gasteiger partial charge in [-0.15, -0.1) is 0 Å². The van der Waals surface area contributed by atoms with Gasteiger partial charge in [-0.05, 0) is 30.5 Å². The molecule has 1 aliphatic carbocycles. The largest absolute Gasteiger partial charge is 0.481 e. The molecule has 102 valence electrons. The lowest BCUT2D eigenvalue weighted by Crippen LogP contribution is -2.31. The van der Waals surface area contributed by atoms with Crippen molar-refractivity contribution in [2.45, 2.75) is 12.8 Å². The Balaban J connectivity index is 1.81. The summed E-state index contributed by atoms with van der Waals surface area (Å²) in [5.41, 5.74) is 0.951. The van der Waals surface area contributed by atoms with Crippen molar-refractivity contribution in [3.05, 3.63) is 35.6 Å². The molecule has 5 heteroatoms. The molecule has 0 spiro atoms. The molecule has 19 heavy (non-hydrogen) atoms. The zero-order valence-corrected chi connectivity index (χ0v) is 10.7. The Morgan fingerprint density at radius 1 is 1.32 bits per heavy atom. The van der Waals surface area contributed by atoms with Crippen LogP contribution in [0.15, 0.2) is 24.3 Å². The minimum Gasteiger partial charge on any atom is -0.481 e. The van der Waals surface area contributed by atoms with Crippen molar-refractivity contribution in [1.82, 2.24) is 4.90 Å². The van der Waals surface area contributed by atoms with Crippen LogP contribution < -0.4 is 0 Å². The highest BCUT2D eigenvalue weighted by atomic mass is 19.1. The van der Waals surface area contributed by atoms with Crippen LogP contribution in [0.3, 0.4) is 0 Å². The normalized spacial score (nSPS) is 20.9. The van der Waals surface area contributed by atoms with Gasteiger partial charge in [0.2, 0.25) is 5.91 Å². The van der Waals surface area contributed by atoms with Gasteiger partial charge in [-0.1, -0.05) is 12.1 Å². The Bertz CT molecular complexity index is 486. The Hall–Kier alpha value is -1.91. The molecule has 2 atom stereocenters. The van der Waals surface area contributed by atoms with Crippen LogP contribution in [-0.2, 0) is 16.0 Å². The van der Waals surface area contributed by atoms with E-state index < -0.39 is 11.9 Å². The van der Waals surface area contributed by atoms with Crippen LogP contribution in [0.1, 0.15) is 12.0 Å². The second kappa shape index (κ2) is 5.38. The number of amides is 1. The fourth-order valence-electron chi connectivity index (χ4n) is 2.08. The zero-order chi connectivity index (χ0) is 14.0. The van der Waals surface area contributed by atoms with Gasteiger partial charge in [-0.25, -0.2) is 4.39 Å². The van der Waals surface area contributed by atoms with Gasteiger partial charge in [-0.3, -0.25) is 9.59 Å². The van der Waals surface area contributed by atoms with Crippen molar-refractivity contribution in [1.29, 1.82) is 0 Å². The predicted molar refractivity (Wildman–Crippen MR) is 67.0 cm³/mol. The summed E-state index contributed by atoms with van der Waals surface area (Å²) in [5, 5.41) is 8.78. The molecule has 1 aromatic rings. The van der Waals surface area contributed by atoms with Crippen molar-refractivity contribution < 1.29 is 19.1 Å². The van der Waals surface area contributed by atoms with Crippen molar-refractivity contribution in [2.24, 2.45) is 11.8 Å². The maximum Gasteiger partial charge on any atom is 0.307 e. The Morgan fingerprint density at radius 2 is 1.95 bits per heavy atom. The molecule has 2 rings (SSSR count). The maximum absolute atomic E-state index is 12.7. The smallest absolute Gasteiger partial charge is 0.307 e. The van der Waals surface area contributed by atoms with Gasteiger partial charge in [0.1, 0.15) is 5.82 Å². The van der Waals surface area contributed by atoms with Gasteiger partial charge in [0.15, 0.2) is 0 Å². The predicted octanol–water partition coefficient (Wildman–Crippen LogP) is 1.55. The minimum atomic E-state index is -0.898. The van der Waals surface area contributed by atoms with Crippen LogP contribution in [0.4, 0.5) is 4.39 Å². The standard InChI is InChI=1S/C14H16FNO3/c1-16(13(17)11-8-12(11)14(18)19)7-6-9-2-4-10(15)5-3-9/h2-5,11-12H,6-8H2,1H3,(H,18,19)/t11-,12-/m1/s1. The zero-order valence-electron chi connectivity index (χ0n) is 10.7. The second-order valence-corrected chi connectivity index (χ2v) is 4.92. The lowest BCUT2D eigenvalue weighted by atomic mass is 10.1. The van der Waals surface area contributed by atoms with Gasteiger partial charge < -0.3 is 10.0 Å². The topological polar surface area (TPSA) is 57.6 Å². The highest BCUT2D eigenvalue weighted by molar-refractivity contribution is 5.89. The molecular weight excluding hydrogens is 249 g/mol. The van der Waals surface area contributed by atoms with Gasteiger partial charge in [0.05, 0.1) is 11.8 Å². The number of carbonyl (C=O) groups excluding carboxylic acids is 1. The average Bonchev–Trinajstić information content (AvgIpc) is 3.17. The van der Waals surface area contributed by atoms with E-state index in [1.165, 1.54) is 12.1 Å². The fraction of sp³-hybridized carbons (Fsp3) is 0.429. The molecule has 0 heterocycles. The summed E-state index contributed by atoms with van der Waals surface area (Å²) in [6, 6.07) is 6.15. The van der Waals surface area contributed by atoms with Crippen LogP contribution in [0.5, 0.6) is 0 Å².